The highest BCUT2D eigenvalue weighted by Crippen LogP contribution is 2.46. The molecule has 0 aliphatic carbocycles. The van der Waals surface area contributed by atoms with Gasteiger partial charge in [-0.2, -0.15) is 4.39 Å². The summed E-state index contributed by atoms with van der Waals surface area (Å²) < 4.78 is 47.3. The Bertz CT molecular complexity index is 973. The van der Waals surface area contributed by atoms with Crippen molar-refractivity contribution in [3.63, 3.8) is 0 Å². The van der Waals surface area contributed by atoms with Gasteiger partial charge in [-0.05, 0) is 36.8 Å². The third-order valence-electron chi connectivity index (χ3n) is 3.89. The molecule has 0 spiro atoms. The van der Waals surface area contributed by atoms with Crippen molar-refractivity contribution in [3.8, 4) is 5.75 Å². The number of hydrogen-bond donors (Lipinski definition) is 3. The lowest BCUT2D eigenvalue weighted by molar-refractivity contribution is -0.113. The van der Waals surface area contributed by atoms with Crippen LogP contribution in [0.25, 0.3) is 0 Å². The van der Waals surface area contributed by atoms with Gasteiger partial charge in [0.15, 0.2) is 17.9 Å². The number of rotatable bonds is 3. The molecule has 2 unspecified atom stereocenters. The molecule has 2 aliphatic heterocycles. The van der Waals surface area contributed by atoms with E-state index in [0.29, 0.717) is 24.2 Å². The van der Waals surface area contributed by atoms with E-state index in [2.05, 4.69) is 4.98 Å². The number of aromatic amines is 1. The van der Waals surface area contributed by atoms with Gasteiger partial charge in [0.25, 0.3) is 5.56 Å². The van der Waals surface area contributed by atoms with Crippen molar-refractivity contribution < 1.29 is 37.3 Å². The van der Waals surface area contributed by atoms with Gasteiger partial charge in [-0.15, -0.1) is 0 Å². The summed E-state index contributed by atoms with van der Waals surface area (Å²) in [5.41, 5.74) is -0.208. The smallest absolute Gasteiger partial charge is 0.399 e. The molecule has 4 rings (SSSR count). The van der Waals surface area contributed by atoms with Crippen LogP contribution in [0.5, 0.6) is 5.75 Å². The van der Waals surface area contributed by atoms with Crippen LogP contribution in [0, 0.1) is 16.4 Å². The largest absolute Gasteiger partial charge is 0.426 e. The van der Waals surface area contributed by atoms with Gasteiger partial charge in [0, 0.05) is 12.0 Å². The highest BCUT2D eigenvalue weighted by atomic mass is 32.1. The predicted octanol–water partition coefficient (Wildman–Crippen LogP) is 2.60. The Hall–Kier alpha value is -1.79. The summed E-state index contributed by atoms with van der Waals surface area (Å²) in [6.45, 7) is -0.221. The van der Waals surface area contributed by atoms with Crippen LogP contribution < -0.4 is 10.1 Å². The summed E-state index contributed by atoms with van der Waals surface area (Å²) in [6.07, 6.45) is 0.614. The average Bonchev–Trinajstić information content (AvgIpc) is 3.12. The first-order chi connectivity index (χ1) is 13.9. The maximum absolute atomic E-state index is 13.0. The zero-order chi connectivity index (χ0) is 21.0. The van der Waals surface area contributed by atoms with Crippen molar-refractivity contribution in [2.75, 3.05) is 6.79 Å². The van der Waals surface area contributed by atoms with Crippen LogP contribution in [-0.2, 0) is 20.4 Å². The lowest BCUT2D eigenvalue weighted by Crippen LogP contribution is -2.20. The lowest BCUT2D eigenvalue weighted by Gasteiger charge is -2.22. The van der Waals surface area contributed by atoms with Gasteiger partial charge >= 0.3 is 8.60 Å². The van der Waals surface area contributed by atoms with Crippen LogP contribution >= 0.6 is 20.8 Å². The number of nitrogens with zero attached hydrogens (tertiary/aromatic N) is 1. The average molecular weight is 450 g/mol. The molecule has 158 valence electrons. The van der Waals surface area contributed by atoms with Crippen molar-refractivity contribution in [1.29, 1.82) is 0 Å². The molecular formula is C16H17F2N2O7PS. The van der Waals surface area contributed by atoms with Gasteiger partial charge in [-0.1, -0.05) is 0 Å². The standard InChI is InChI=1S/C8H9FN2O3S.C8H8FO4P/c9-4-3-11(8(15)10-7(4)13)5-1-2-6(12)14-5;9-7-1-2-8-6(3-7)4-11-14(13-8)12-5-10/h3,5-6,12H,1-2H2,(H,10,13,15);1-3,10H,4-5H2/t5?,6-;/m0./s1. The van der Waals surface area contributed by atoms with E-state index in [0.717, 1.165) is 6.20 Å². The minimum atomic E-state index is -1.54. The molecular weight excluding hydrogens is 433 g/mol. The predicted molar refractivity (Wildman–Crippen MR) is 98.1 cm³/mol. The minimum absolute atomic E-state index is 0.0838. The number of nitrogens with one attached hydrogen (secondary N) is 1. The van der Waals surface area contributed by atoms with E-state index in [1.54, 1.807) is 0 Å². The second-order valence-corrected chi connectivity index (χ2v) is 7.40. The summed E-state index contributed by atoms with van der Waals surface area (Å²) in [7, 11) is -1.54. The first-order valence-corrected chi connectivity index (χ1v) is 9.85. The molecule has 3 heterocycles. The fourth-order valence-corrected chi connectivity index (χ4v) is 3.69. The fraction of sp³-hybridized carbons (Fsp3) is 0.375. The molecule has 3 atom stereocenters. The van der Waals surface area contributed by atoms with Crippen LogP contribution in [0.4, 0.5) is 8.78 Å². The third-order valence-corrected chi connectivity index (χ3v) is 5.22. The van der Waals surface area contributed by atoms with Crippen LogP contribution in [0.15, 0.2) is 29.2 Å². The van der Waals surface area contributed by atoms with Gasteiger partial charge in [0.2, 0.25) is 5.82 Å². The van der Waals surface area contributed by atoms with Crippen molar-refractivity contribution in [2.45, 2.75) is 32.0 Å². The minimum Gasteiger partial charge on any atom is -0.426 e. The van der Waals surface area contributed by atoms with Gasteiger partial charge in [0.05, 0.1) is 12.8 Å². The topological polar surface area (TPSA) is 115 Å². The fourth-order valence-electron chi connectivity index (χ4n) is 2.57. The van der Waals surface area contributed by atoms with Crippen molar-refractivity contribution >= 4 is 20.8 Å². The molecule has 0 amide bonds. The summed E-state index contributed by atoms with van der Waals surface area (Å²) in [4.78, 5) is 13.1. The van der Waals surface area contributed by atoms with Crippen LogP contribution in [0.2, 0.25) is 0 Å². The third kappa shape index (κ3) is 5.64. The molecule has 1 fully saturated rings. The molecule has 13 heteroatoms. The maximum Gasteiger partial charge on any atom is 0.399 e. The Kier molecular flexibility index (Phi) is 7.41. The van der Waals surface area contributed by atoms with E-state index in [9.17, 15) is 13.6 Å². The molecule has 1 saturated heterocycles. The molecule has 0 saturated carbocycles. The zero-order valence-electron chi connectivity index (χ0n) is 14.8. The molecule has 1 aromatic heterocycles. The Morgan fingerprint density at radius 3 is 2.86 bits per heavy atom. The number of halogens is 2. The van der Waals surface area contributed by atoms with Crippen LogP contribution in [0.1, 0.15) is 24.6 Å². The first-order valence-electron chi connectivity index (χ1n) is 8.35. The molecule has 9 nitrogen and oxygen atoms in total. The molecule has 0 bridgehead atoms. The van der Waals surface area contributed by atoms with Crippen molar-refractivity contribution in [2.24, 2.45) is 0 Å². The number of fused-ring (bicyclic) bond motifs is 1. The van der Waals surface area contributed by atoms with Gasteiger partial charge in [-0.25, -0.2) is 4.39 Å². The Morgan fingerprint density at radius 1 is 1.38 bits per heavy atom. The quantitative estimate of drug-likeness (QED) is 0.372. The first kappa shape index (κ1) is 21.9. The van der Waals surface area contributed by atoms with Crippen molar-refractivity contribution in [3.05, 3.63) is 56.7 Å². The number of benzene rings is 1. The molecule has 2 aromatic rings. The SMILES string of the molecule is O=c1[nH]c(=S)n(C2CC[C@@H](O)O2)cc1F.OCOP1OCc2cc(F)ccc2O1. The number of ether oxygens (including phenoxy) is 1. The Morgan fingerprint density at radius 2 is 2.17 bits per heavy atom. The van der Waals surface area contributed by atoms with E-state index < -0.39 is 39.3 Å². The number of hydrogen-bond acceptors (Lipinski definition) is 8. The van der Waals surface area contributed by atoms with Gasteiger partial charge in [0.1, 0.15) is 17.8 Å². The lowest BCUT2D eigenvalue weighted by atomic mass is 10.2. The highest BCUT2D eigenvalue weighted by Gasteiger charge is 2.25. The number of H-pyrrole nitrogens is 1. The maximum atomic E-state index is 13.0. The molecule has 1 aromatic carbocycles. The molecule has 2 aliphatic rings. The molecule has 0 radical (unpaired) electrons. The highest BCUT2D eigenvalue weighted by molar-refractivity contribution is 7.71. The van der Waals surface area contributed by atoms with E-state index in [1.807, 2.05) is 0 Å². The van der Waals surface area contributed by atoms with E-state index in [1.165, 1.54) is 22.8 Å². The second kappa shape index (κ2) is 9.81. The van der Waals surface area contributed by atoms with E-state index >= 15 is 0 Å². The van der Waals surface area contributed by atoms with Gasteiger partial charge in [-0.3, -0.25) is 23.4 Å². The monoisotopic (exact) mass is 450 g/mol. The summed E-state index contributed by atoms with van der Waals surface area (Å²) in [6, 6.07) is 4.17. The molecule has 29 heavy (non-hydrogen) atoms. The number of aromatic nitrogens is 2. The van der Waals surface area contributed by atoms with E-state index in [-0.39, 0.29) is 17.2 Å². The summed E-state index contributed by atoms with van der Waals surface area (Å²) >= 11 is 4.85. The Balaban J connectivity index is 0.000000166. The normalized spacial score (nSPS) is 23.0. The number of aliphatic hydroxyl groups is 2. The van der Waals surface area contributed by atoms with Crippen molar-refractivity contribution in [1.82, 2.24) is 9.55 Å². The summed E-state index contributed by atoms with van der Waals surface area (Å²) in [5.74, 6) is -0.712. The number of aliphatic hydroxyl groups excluding tert-OH is 2. The van der Waals surface area contributed by atoms with Crippen LogP contribution in [0.3, 0.4) is 0 Å². The Labute approximate surface area is 169 Å². The molecule has 3 N–H and O–H groups in total. The van der Waals surface area contributed by atoms with Crippen LogP contribution in [-0.4, -0.2) is 32.8 Å². The second-order valence-electron chi connectivity index (χ2n) is 5.86. The zero-order valence-corrected chi connectivity index (χ0v) is 16.5. The van der Waals surface area contributed by atoms with Gasteiger partial charge < -0.3 is 19.5 Å². The summed E-state index contributed by atoms with van der Waals surface area (Å²) in [5, 5.41) is 17.6. The van der Waals surface area contributed by atoms with E-state index in [4.69, 9.17) is 40.7 Å².